The zero-order valence-corrected chi connectivity index (χ0v) is 11.2. The van der Waals surface area contributed by atoms with Gasteiger partial charge < -0.3 is 11.1 Å². The summed E-state index contributed by atoms with van der Waals surface area (Å²) >= 11 is 0. The first-order chi connectivity index (χ1) is 8.76. The molecule has 4 nitrogen and oxygen atoms in total. The predicted molar refractivity (Wildman–Crippen MR) is 66.6 cm³/mol. The van der Waals surface area contributed by atoms with Gasteiger partial charge in [-0.05, 0) is 32.7 Å². The quantitative estimate of drug-likeness (QED) is 0.797. The van der Waals surface area contributed by atoms with Gasteiger partial charge >= 0.3 is 6.18 Å². The summed E-state index contributed by atoms with van der Waals surface area (Å²) < 4.78 is 36.6. The number of carbonyl (C=O) groups is 1. The van der Waals surface area contributed by atoms with Crippen LogP contribution in [0.15, 0.2) is 0 Å². The molecule has 19 heavy (non-hydrogen) atoms. The van der Waals surface area contributed by atoms with Gasteiger partial charge in [0, 0.05) is 26.1 Å². The van der Waals surface area contributed by atoms with Gasteiger partial charge in [-0.2, -0.15) is 13.2 Å². The number of alkyl halides is 3. The maximum Gasteiger partial charge on any atom is 0.389 e. The Hall–Kier alpha value is -0.820. The van der Waals surface area contributed by atoms with Crippen molar-refractivity contribution in [1.82, 2.24) is 10.2 Å². The Bertz CT molecular complexity index is 301. The lowest BCUT2D eigenvalue weighted by Gasteiger charge is -2.38. The maximum atomic E-state index is 12.2. The second kappa shape index (κ2) is 6.56. The number of nitrogens with one attached hydrogen (secondary N) is 1. The maximum absolute atomic E-state index is 12.2. The largest absolute Gasteiger partial charge is 0.389 e. The summed E-state index contributed by atoms with van der Waals surface area (Å²) in [5.74, 6) is -0.545. The van der Waals surface area contributed by atoms with Crippen LogP contribution >= 0.6 is 0 Å². The predicted octanol–water partition coefficient (Wildman–Crippen LogP) is 1.26. The zero-order chi connectivity index (χ0) is 14.5. The van der Waals surface area contributed by atoms with Crippen LogP contribution in [0.5, 0.6) is 0 Å². The van der Waals surface area contributed by atoms with Crippen molar-refractivity contribution in [1.29, 1.82) is 0 Å². The summed E-state index contributed by atoms with van der Waals surface area (Å²) in [6.45, 7) is 4.54. The average Bonchev–Trinajstić information content (AvgIpc) is 2.55. The van der Waals surface area contributed by atoms with Crippen molar-refractivity contribution in [3.63, 3.8) is 0 Å². The molecule has 1 heterocycles. The van der Waals surface area contributed by atoms with Crippen molar-refractivity contribution >= 4 is 5.91 Å². The highest BCUT2D eigenvalue weighted by molar-refractivity contribution is 5.84. The van der Waals surface area contributed by atoms with Crippen LogP contribution in [0.4, 0.5) is 13.2 Å². The van der Waals surface area contributed by atoms with Crippen LogP contribution in [0.25, 0.3) is 0 Å². The van der Waals surface area contributed by atoms with Crippen LogP contribution in [0.2, 0.25) is 0 Å². The van der Waals surface area contributed by atoms with Crippen LogP contribution in [0.3, 0.4) is 0 Å². The van der Waals surface area contributed by atoms with E-state index in [0.29, 0.717) is 13.1 Å². The number of hydrogen-bond donors (Lipinski definition) is 2. The van der Waals surface area contributed by atoms with Crippen molar-refractivity contribution in [3.8, 4) is 0 Å². The minimum Gasteiger partial charge on any atom is -0.368 e. The third kappa shape index (κ3) is 4.99. The topological polar surface area (TPSA) is 58.4 Å². The Morgan fingerprint density at radius 2 is 1.95 bits per heavy atom. The van der Waals surface area contributed by atoms with Crippen molar-refractivity contribution in [2.45, 2.75) is 44.3 Å². The fourth-order valence-electron chi connectivity index (χ4n) is 2.41. The first-order valence-electron chi connectivity index (χ1n) is 6.58. The summed E-state index contributed by atoms with van der Waals surface area (Å²) in [6, 6.07) is 0. The van der Waals surface area contributed by atoms with Crippen molar-refractivity contribution in [2.75, 3.05) is 26.2 Å². The van der Waals surface area contributed by atoms with Crippen molar-refractivity contribution in [3.05, 3.63) is 0 Å². The van der Waals surface area contributed by atoms with Crippen LogP contribution < -0.4 is 11.1 Å². The second-order valence-electron chi connectivity index (χ2n) is 5.20. The molecule has 0 aliphatic carbocycles. The van der Waals surface area contributed by atoms with E-state index >= 15 is 0 Å². The number of amides is 1. The summed E-state index contributed by atoms with van der Waals surface area (Å²) in [5.41, 5.74) is 4.43. The third-order valence-electron chi connectivity index (χ3n) is 3.69. The molecule has 7 heteroatoms. The summed E-state index contributed by atoms with van der Waals surface area (Å²) in [4.78, 5) is 13.6. The molecule has 0 bridgehead atoms. The van der Waals surface area contributed by atoms with E-state index in [0.717, 1.165) is 19.5 Å². The molecule has 3 N–H and O–H groups in total. The molecule has 0 saturated carbocycles. The first-order valence-corrected chi connectivity index (χ1v) is 6.58. The molecule has 0 aromatic rings. The first kappa shape index (κ1) is 16.2. The number of nitrogens with zero attached hydrogens (tertiary/aromatic N) is 1. The SMILES string of the molecule is CC(CCCC(F)(F)F)(C(N)=O)N1CCCNCC1. The van der Waals surface area contributed by atoms with E-state index in [4.69, 9.17) is 5.73 Å². The Labute approximate surface area is 111 Å². The lowest BCUT2D eigenvalue weighted by Crippen LogP contribution is -2.56. The molecular weight excluding hydrogens is 259 g/mol. The van der Waals surface area contributed by atoms with Crippen molar-refractivity contribution in [2.24, 2.45) is 5.73 Å². The number of nitrogens with two attached hydrogens (primary N) is 1. The third-order valence-corrected chi connectivity index (χ3v) is 3.69. The molecule has 1 unspecified atom stereocenters. The van der Waals surface area contributed by atoms with E-state index in [1.54, 1.807) is 6.92 Å². The van der Waals surface area contributed by atoms with Crippen LogP contribution in [0, 0.1) is 0 Å². The molecule has 0 aromatic heterocycles. The lowest BCUT2D eigenvalue weighted by atomic mass is 9.91. The van der Waals surface area contributed by atoms with E-state index in [9.17, 15) is 18.0 Å². The van der Waals surface area contributed by atoms with E-state index in [-0.39, 0.29) is 12.8 Å². The minimum absolute atomic E-state index is 0.0765. The number of carbonyl (C=O) groups excluding carboxylic acids is 1. The van der Waals surface area contributed by atoms with Gasteiger partial charge in [0.05, 0.1) is 5.54 Å². The molecular formula is C12H22F3N3O. The number of hydrogen-bond acceptors (Lipinski definition) is 3. The smallest absolute Gasteiger partial charge is 0.368 e. The fourth-order valence-corrected chi connectivity index (χ4v) is 2.41. The summed E-state index contributed by atoms with van der Waals surface area (Å²) in [7, 11) is 0. The standard InChI is InChI=1S/C12H22F3N3O/c1-11(10(16)19,4-2-5-12(13,14)15)18-8-3-6-17-7-9-18/h17H,2-9H2,1H3,(H2,16,19). The summed E-state index contributed by atoms with van der Waals surface area (Å²) in [6.07, 6.45) is -4.13. The van der Waals surface area contributed by atoms with Gasteiger partial charge in [0.2, 0.25) is 5.91 Å². The Morgan fingerprint density at radius 1 is 1.26 bits per heavy atom. The molecule has 0 spiro atoms. The molecule has 1 atom stereocenters. The highest BCUT2D eigenvalue weighted by Crippen LogP contribution is 2.28. The molecule has 1 saturated heterocycles. The van der Waals surface area contributed by atoms with Crippen molar-refractivity contribution < 1.29 is 18.0 Å². The molecule has 1 fully saturated rings. The molecule has 0 aromatic carbocycles. The molecule has 1 aliphatic rings. The van der Waals surface area contributed by atoms with Crippen LogP contribution in [0.1, 0.15) is 32.6 Å². The molecule has 1 aliphatic heterocycles. The molecule has 1 amide bonds. The van der Waals surface area contributed by atoms with Crippen LogP contribution in [-0.2, 0) is 4.79 Å². The van der Waals surface area contributed by atoms with Crippen LogP contribution in [-0.4, -0.2) is 48.7 Å². The second-order valence-corrected chi connectivity index (χ2v) is 5.20. The Balaban J connectivity index is 2.64. The van der Waals surface area contributed by atoms with E-state index in [2.05, 4.69) is 5.32 Å². The number of halogens is 3. The zero-order valence-electron chi connectivity index (χ0n) is 11.2. The minimum atomic E-state index is -4.18. The van der Waals surface area contributed by atoms with Gasteiger partial charge in [-0.15, -0.1) is 0 Å². The normalized spacial score (nSPS) is 21.7. The number of primary amides is 1. The Morgan fingerprint density at radius 3 is 2.53 bits per heavy atom. The highest BCUT2D eigenvalue weighted by Gasteiger charge is 2.38. The van der Waals surface area contributed by atoms with Gasteiger partial charge in [-0.3, -0.25) is 9.69 Å². The Kier molecular flexibility index (Phi) is 5.61. The molecule has 1 rings (SSSR count). The summed E-state index contributed by atoms with van der Waals surface area (Å²) in [5, 5.41) is 3.19. The van der Waals surface area contributed by atoms with Gasteiger partial charge in [-0.25, -0.2) is 0 Å². The van der Waals surface area contributed by atoms with Gasteiger partial charge in [0.1, 0.15) is 0 Å². The average molecular weight is 281 g/mol. The molecule has 112 valence electrons. The lowest BCUT2D eigenvalue weighted by molar-refractivity contribution is -0.140. The molecule has 0 radical (unpaired) electrons. The van der Waals surface area contributed by atoms with E-state index in [1.165, 1.54) is 0 Å². The van der Waals surface area contributed by atoms with E-state index in [1.807, 2.05) is 4.90 Å². The fraction of sp³-hybridized carbons (Fsp3) is 0.917. The van der Waals surface area contributed by atoms with Gasteiger partial charge in [-0.1, -0.05) is 0 Å². The van der Waals surface area contributed by atoms with E-state index < -0.39 is 24.0 Å². The van der Waals surface area contributed by atoms with Gasteiger partial charge in [0.25, 0.3) is 0 Å². The highest BCUT2D eigenvalue weighted by atomic mass is 19.4. The monoisotopic (exact) mass is 281 g/mol. The number of rotatable bonds is 5. The van der Waals surface area contributed by atoms with Gasteiger partial charge in [0.15, 0.2) is 0 Å².